The lowest BCUT2D eigenvalue weighted by Gasteiger charge is -2.52. The Labute approximate surface area is 346 Å². The number of aldehydes is 1. The number of nitrogens with one attached hydrogen (secondary N) is 1. The summed E-state index contributed by atoms with van der Waals surface area (Å²) in [5.74, 6) is -0.0731. The van der Waals surface area contributed by atoms with E-state index in [1.165, 1.54) is 11.4 Å². The number of carbonyl (C=O) groups is 4. The third-order valence-electron chi connectivity index (χ3n) is 14.1. The number of urea groups is 1. The highest BCUT2D eigenvalue weighted by Crippen LogP contribution is 2.46. The molecule has 1 N–H and O–H groups in total. The lowest BCUT2D eigenvalue weighted by atomic mass is 9.76. The first-order chi connectivity index (χ1) is 28.1. The van der Waals surface area contributed by atoms with Crippen molar-refractivity contribution in [1.29, 1.82) is 0 Å². The van der Waals surface area contributed by atoms with E-state index in [9.17, 15) is 19.2 Å². The van der Waals surface area contributed by atoms with Crippen LogP contribution in [0.15, 0.2) is 66.7 Å². The summed E-state index contributed by atoms with van der Waals surface area (Å²) in [6.07, 6.45) is 6.60. The molecule has 12 nitrogen and oxygen atoms in total. The molecule has 0 radical (unpaired) electrons. The first kappa shape index (κ1) is 38.8. The average molecular weight is 807 g/mol. The summed E-state index contributed by atoms with van der Waals surface area (Å²) < 4.78 is 0. The van der Waals surface area contributed by atoms with E-state index in [1.807, 2.05) is 47.4 Å². The van der Waals surface area contributed by atoms with Crippen molar-refractivity contribution in [3.05, 3.63) is 82.9 Å². The Kier molecular flexibility index (Phi) is 10.8. The van der Waals surface area contributed by atoms with Gasteiger partial charge in [-0.3, -0.25) is 34.4 Å². The van der Waals surface area contributed by atoms with Gasteiger partial charge in [-0.1, -0.05) is 11.6 Å². The van der Waals surface area contributed by atoms with Crippen LogP contribution in [0.3, 0.4) is 0 Å². The first-order valence-corrected chi connectivity index (χ1v) is 21.6. The molecule has 1 spiro atoms. The second kappa shape index (κ2) is 16.2. The molecule has 0 unspecified atom stereocenters. The maximum absolute atomic E-state index is 13.6. The van der Waals surface area contributed by atoms with Gasteiger partial charge in [-0.05, 0) is 111 Å². The predicted molar refractivity (Wildman–Crippen MR) is 229 cm³/mol. The van der Waals surface area contributed by atoms with Crippen LogP contribution in [0.2, 0.25) is 5.02 Å². The van der Waals surface area contributed by atoms with Crippen LogP contribution in [0.4, 0.5) is 27.5 Å². The van der Waals surface area contributed by atoms with E-state index < -0.39 is 0 Å². The largest absolute Gasteiger partial charge is 0.371 e. The highest BCUT2D eigenvalue weighted by Gasteiger charge is 2.44. The molecule has 13 heteroatoms. The second-order valence-corrected chi connectivity index (χ2v) is 17.9. The lowest BCUT2D eigenvalue weighted by molar-refractivity contribution is -0.120. The van der Waals surface area contributed by atoms with E-state index in [4.69, 9.17) is 11.6 Å². The number of nitrogens with zero attached hydrogens (tertiary/aromatic N) is 7. The quantitative estimate of drug-likeness (QED) is 0.292. The highest BCUT2D eigenvalue weighted by atomic mass is 35.5. The zero-order chi connectivity index (χ0) is 40.0. The van der Waals surface area contributed by atoms with Crippen molar-refractivity contribution >= 4 is 58.5 Å². The summed E-state index contributed by atoms with van der Waals surface area (Å²) in [5.41, 5.74) is 5.86. The number of amides is 4. The van der Waals surface area contributed by atoms with Crippen molar-refractivity contribution in [2.45, 2.75) is 63.6 Å². The molecular weight excluding hydrogens is 752 g/mol. The number of anilines is 4. The van der Waals surface area contributed by atoms with Crippen LogP contribution >= 0.6 is 11.6 Å². The van der Waals surface area contributed by atoms with Gasteiger partial charge < -0.3 is 19.6 Å². The van der Waals surface area contributed by atoms with Gasteiger partial charge in [-0.15, -0.1) is 0 Å². The zero-order valence-electron chi connectivity index (χ0n) is 33.5. The van der Waals surface area contributed by atoms with Gasteiger partial charge in [0.1, 0.15) is 0 Å². The minimum atomic E-state index is -0.351. The molecule has 3 aromatic carbocycles. The molecule has 6 fully saturated rings. The Morgan fingerprint density at radius 2 is 1.36 bits per heavy atom. The van der Waals surface area contributed by atoms with Crippen molar-refractivity contribution in [3.8, 4) is 0 Å². The van der Waals surface area contributed by atoms with Crippen molar-refractivity contribution in [3.63, 3.8) is 0 Å². The van der Waals surface area contributed by atoms with Crippen LogP contribution in [0.1, 0.15) is 66.2 Å². The number of likely N-dealkylation sites (tertiary alicyclic amines) is 2. The second-order valence-electron chi connectivity index (χ2n) is 17.5. The molecule has 4 amide bonds. The Balaban J connectivity index is 0.691. The molecule has 0 aliphatic carbocycles. The van der Waals surface area contributed by atoms with Crippen LogP contribution < -0.4 is 24.9 Å². The molecule has 0 saturated carbocycles. The van der Waals surface area contributed by atoms with E-state index >= 15 is 0 Å². The van der Waals surface area contributed by atoms with Gasteiger partial charge in [0.2, 0.25) is 5.91 Å². The van der Waals surface area contributed by atoms with E-state index in [2.05, 4.69) is 61.0 Å². The van der Waals surface area contributed by atoms with Crippen LogP contribution in [0.5, 0.6) is 0 Å². The number of benzene rings is 3. The maximum atomic E-state index is 13.6. The van der Waals surface area contributed by atoms with Crippen molar-refractivity contribution in [2.24, 2.45) is 5.41 Å². The first-order valence-electron chi connectivity index (χ1n) is 21.3. The monoisotopic (exact) mass is 806 g/mol. The van der Waals surface area contributed by atoms with Crippen molar-refractivity contribution < 1.29 is 19.2 Å². The smallest absolute Gasteiger partial charge is 0.328 e. The number of rotatable bonds is 8. The molecular formula is C45H55ClN8O4. The normalized spacial score (nSPS) is 23.7. The van der Waals surface area contributed by atoms with Crippen LogP contribution in [0.25, 0.3) is 0 Å². The minimum absolute atomic E-state index is 0.145. The van der Waals surface area contributed by atoms with E-state index in [-0.39, 0.29) is 23.3 Å². The Bertz CT molecular complexity index is 2000. The summed E-state index contributed by atoms with van der Waals surface area (Å²) in [6, 6.07) is 23.4. The summed E-state index contributed by atoms with van der Waals surface area (Å²) in [6.45, 7) is 13.6. The fourth-order valence-corrected chi connectivity index (χ4v) is 10.7. The Morgan fingerprint density at radius 1 is 0.741 bits per heavy atom. The predicted octanol–water partition coefficient (Wildman–Crippen LogP) is 5.60. The van der Waals surface area contributed by atoms with E-state index in [0.717, 1.165) is 127 Å². The van der Waals surface area contributed by atoms with Crippen molar-refractivity contribution in [1.82, 2.24) is 20.0 Å². The van der Waals surface area contributed by atoms with Crippen LogP contribution in [0, 0.1) is 5.41 Å². The van der Waals surface area contributed by atoms with Gasteiger partial charge in [-0.25, -0.2) is 4.79 Å². The van der Waals surface area contributed by atoms with E-state index in [0.29, 0.717) is 41.7 Å². The summed E-state index contributed by atoms with van der Waals surface area (Å²) >= 11 is 6.38. The molecule has 9 rings (SSSR count). The molecule has 6 heterocycles. The number of halogens is 1. The average Bonchev–Trinajstić information content (AvgIpc) is 3.55. The van der Waals surface area contributed by atoms with Crippen molar-refractivity contribution in [2.75, 3.05) is 98.1 Å². The number of hydrogen-bond donors (Lipinski definition) is 1. The van der Waals surface area contributed by atoms with E-state index in [1.54, 1.807) is 4.90 Å². The van der Waals surface area contributed by atoms with Gasteiger partial charge in [0.05, 0.1) is 5.02 Å². The topological polar surface area (TPSA) is 103 Å². The third kappa shape index (κ3) is 7.78. The Hall–Kier alpha value is -4.65. The molecule has 1 atom stereocenters. The number of hydrogen-bond acceptors (Lipinski definition) is 9. The third-order valence-corrected chi connectivity index (χ3v) is 14.4. The summed E-state index contributed by atoms with van der Waals surface area (Å²) in [7, 11) is 0. The molecule has 6 aliphatic rings. The Morgan fingerprint density at radius 3 is 2.00 bits per heavy atom. The lowest BCUT2D eigenvalue weighted by Crippen LogP contribution is -2.66. The van der Waals surface area contributed by atoms with Crippen LogP contribution in [-0.2, 0) is 4.79 Å². The standard InChI is InChI=1S/C45H55ClN8O4/c1-32-27-45(31-54(32)39-7-4-34(30-55)41(46)26-39)15-20-48(21-16-45)35-5-2-33(3-6-35)43(57)51-17-12-37(13-18-51)52-28-40(29-52)50-24-22-49(23-25-50)36-8-10-38(11-9-36)53-19-14-42(56)47-44(53)58/h2-11,26,30,32,37,40H,12-25,27-29,31H2,1H3,(H,47,56,58)/t32-/m0/s1. The SMILES string of the molecule is C[C@H]1CC2(CCN(c3ccc(C(=O)N4CCC(N5CC(N6CCN(c7ccc(N8CCC(=O)NC8=O)cc7)CC6)C5)CC4)cc3)CC2)CN1c1ccc(C=O)c(Cl)c1. The summed E-state index contributed by atoms with van der Waals surface area (Å²) in [4.78, 5) is 64.9. The fraction of sp³-hybridized carbons (Fsp3) is 0.511. The molecule has 3 aromatic rings. The fourth-order valence-electron chi connectivity index (χ4n) is 10.5. The molecule has 0 bridgehead atoms. The molecule has 0 aromatic heterocycles. The van der Waals surface area contributed by atoms with Gasteiger partial charge in [0.15, 0.2) is 6.29 Å². The van der Waals surface area contributed by atoms with Gasteiger partial charge in [0, 0.05) is 137 Å². The molecule has 306 valence electrons. The van der Waals surface area contributed by atoms with Gasteiger partial charge in [-0.2, -0.15) is 0 Å². The highest BCUT2D eigenvalue weighted by molar-refractivity contribution is 6.33. The molecule has 6 aliphatic heterocycles. The number of imide groups is 1. The number of carbonyl (C=O) groups excluding carboxylic acids is 4. The maximum Gasteiger partial charge on any atom is 0.328 e. The number of piperidine rings is 2. The molecule has 6 saturated heterocycles. The van der Waals surface area contributed by atoms with Gasteiger partial charge in [0.25, 0.3) is 5.91 Å². The number of piperazine rings is 1. The molecule has 58 heavy (non-hydrogen) atoms. The summed E-state index contributed by atoms with van der Waals surface area (Å²) in [5, 5.41) is 2.91. The van der Waals surface area contributed by atoms with Crippen LogP contribution in [-0.4, -0.2) is 135 Å². The zero-order valence-corrected chi connectivity index (χ0v) is 34.3. The minimum Gasteiger partial charge on any atom is -0.371 e. The van der Waals surface area contributed by atoms with Gasteiger partial charge >= 0.3 is 6.03 Å².